The Balaban J connectivity index is 2.16. The van der Waals surface area contributed by atoms with Crippen LogP contribution in [-0.4, -0.2) is 31.3 Å². The number of rotatable bonds is 4. The molecule has 1 unspecified atom stereocenters. The molecule has 1 atom stereocenters. The predicted octanol–water partition coefficient (Wildman–Crippen LogP) is 3.31. The molecule has 0 aliphatic carbocycles. The highest BCUT2D eigenvalue weighted by molar-refractivity contribution is 8.00. The number of H-pyrrole nitrogens is 1. The van der Waals surface area contributed by atoms with Crippen LogP contribution < -0.4 is 0 Å². The number of carbonyl (C=O) groups is 1. The van der Waals surface area contributed by atoms with E-state index in [2.05, 4.69) is 15.0 Å². The summed E-state index contributed by atoms with van der Waals surface area (Å²) in [6, 6.07) is 7.87. The highest BCUT2D eigenvalue weighted by Gasteiger charge is 2.25. The highest BCUT2D eigenvalue weighted by atomic mass is 32.2. The summed E-state index contributed by atoms with van der Waals surface area (Å²) in [4.78, 5) is 23.2. The standard InChI is InChI=1S/C15H15N3O2S/c1-8(2)12(15(19)20)21-14-11-9-5-3-4-6-10(9)18-13(11)16-7-17-14/h3-8,12H,1-2H3,(H,19,20)(H,16,17,18). The highest BCUT2D eigenvalue weighted by Crippen LogP contribution is 2.35. The molecule has 0 bridgehead atoms. The maximum atomic E-state index is 11.4. The van der Waals surface area contributed by atoms with Crippen molar-refractivity contribution in [3.63, 3.8) is 0 Å². The summed E-state index contributed by atoms with van der Waals surface area (Å²) in [7, 11) is 0. The quantitative estimate of drug-likeness (QED) is 0.571. The van der Waals surface area contributed by atoms with Gasteiger partial charge in [-0.25, -0.2) is 9.97 Å². The van der Waals surface area contributed by atoms with Gasteiger partial charge in [-0.2, -0.15) is 0 Å². The van der Waals surface area contributed by atoms with Gasteiger partial charge in [0.15, 0.2) is 0 Å². The molecule has 2 aromatic heterocycles. The number of hydrogen-bond donors (Lipinski definition) is 2. The van der Waals surface area contributed by atoms with Crippen LogP contribution in [0.15, 0.2) is 35.6 Å². The molecule has 0 aliphatic rings. The fourth-order valence-electron chi connectivity index (χ4n) is 2.33. The van der Waals surface area contributed by atoms with E-state index in [4.69, 9.17) is 0 Å². The first-order valence-corrected chi connectivity index (χ1v) is 7.56. The zero-order valence-electron chi connectivity index (χ0n) is 11.7. The van der Waals surface area contributed by atoms with E-state index >= 15 is 0 Å². The van der Waals surface area contributed by atoms with Crippen molar-refractivity contribution in [1.82, 2.24) is 15.0 Å². The molecule has 0 aliphatic heterocycles. The van der Waals surface area contributed by atoms with Crippen molar-refractivity contribution in [3.8, 4) is 0 Å². The smallest absolute Gasteiger partial charge is 0.317 e. The summed E-state index contributed by atoms with van der Waals surface area (Å²) in [5.74, 6) is -0.802. The molecule has 5 nitrogen and oxygen atoms in total. The summed E-state index contributed by atoms with van der Waals surface area (Å²) >= 11 is 1.28. The molecule has 2 heterocycles. The molecule has 1 aromatic carbocycles. The third kappa shape index (κ3) is 2.47. The number of aromatic amines is 1. The van der Waals surface area contributed by atoms with Crippen molar-refractivity contribution in [2.45, 2.75) is 24.1 Å². The Kier molecular flexibility index (Phi) is 3.55. The van der Waals surface area contributed by atoms with Gasteiger partial charge in [0.1, 0.15) is 22.3 Å². The van der Waals surface area contributed by atoms with Crippen molar-refractivity contribution < 1.29 is 9.90 Å². The molecule has 0 saturated heterocycles. The minimum atomic E-state index is -0.818. The van der Waals surface area contributed by atoms with Crippen LogP contribution in [0.5, 0.6) is 0 Å². The van der Waals surface area contributed by atoms with Crippen molar-refractivity contribution in [2.75, 3.05) is 0 Å². The molecular formula is C15H15N3O2S. The molecular weight excluding hydrogens is 286 g/mol. The van der Waals surface area contributed by atoms with Gasteiger partial charge in [-0.3, -0.25) is 4.79 Å². The number of carboxylic acids is 1. The van der Waals surface area contributed by atoms with Crippen LogP contribution in [0.2, 0.25) is 0 Å². The monoisotopic (exact) mass is 301 g/mol. The molecule has 0 spiro atoms. The van der Waals surface area contributed by atoms with Crippen LogP contribution in [-0.2, 0) is 4.79 Å². The summed E-state index contributed by atoms with van der Waals surface area (Å²) in [6.45, 7) is 3.80. The van der Waals surface area contributed by atoms with Crippen molar-refractivity contribution in [2.24, 2.45) is 5.92 Å². The van der Waals surface area contributed by atoms with Crippen LogP contribution in [0.3, 0.4) is 0 Å². The number of nitrogens with one attached hydrogen (secondary N) is 1. The number of aliphatic carboxylic acids is 1. The predicted molar refractivity (Wildman–Crippen MR) is 83.5 cm³/mol. The largest absolute Gasteiger partial charge is 0.480 e. The number of nitrogens with zero attached hydrogens (tertiary/aromatic N) is 2. The molecule has 0 radical (unpaired) electrons. The van der Waals surface area contributed by atoms with Crippen molar-refractivity contribution in [1.29, 1.82) is 0 Å². The van der Waals surface area contributed by atoms with Crippen LogP contribution in [0.4, 0.5) is 0 Å². The number of aromatic nitrogens is 3. The number of para-hydroxylation sites is 1. The molecule has 0 amide bonds. The SMILES string of the molecule is CC(C)C(Sc1ncnc2[nH]c3ccccc3c12)C(=O)O. The summed E-state index contributed by atoms with van der Waals surface area (Å²) < 4.78 is 0. The van der Waals surface area contributed by atoms with Crippen LogP contribution in [0, 0.1) is 5.92 Å². The average molecular weight is 301 g/mol. The Hall–Kier alpha value is -2.08. The van der Waals surface area contributed by atoms with E-state index in [0.717, 1.165) is 21.9 Å². The minimum Gasteiger partial charge on any atom is -0.480 e. The van der Waals surface area contributed by atoms with Gasteiger partial charge in [-0.1, -0.05) is 43.8 Å². The van der Waals surface area contributed by atoms with Gasteiger partial charge in [0.25, 0.3) is 0 Å². The lowest BCUT2D eigenvalue weighted by Gasteiger charge is -2.15. The Morgan fingerprint density at radius 3 is 2.76 bits per heavy atom. The Bertz CT molecular complexity index is 813. The zero-order chi connectivity index (χ0) is 15.0. The summed E-state index contributed by atoms with van der Waals surface area (Å²) in [5, 5.41) is 11.5. The Labute approximate surface area is 125 Å². The zero-order valence-corrected chi connectivity index (χ0v) is 12.5. The molecule has 0 fully saturated rings. The molecule has 0 saturated carbocycles. The maximum Gasteiger partial charge on any atom is 0.317 e. The van der Waals surface area contributed by atoms with Gasteiger partial charge in [0.05, 0.1) is 5.39 Å². The van der Waals surface area contributed by atoms with E-state index in [-0.39, 0.29) is 5.92 Å². The topological polar surface area (TPSA) is 78.9 Å². The van der Waals surface area contributed by atoms with E-state index in [9.17, 15) is 9.90 Å². The van der Waals surface area contributed by atoms with E-state index < -0.39 is 11.2 Å². The number of benzene rings is 1. The number of hydrogen-bond acceptors (Lipinski definition) is 4. The molecule has 2 N–H and O–H groups in total. The molecule has 108 valence electrons. The van der Waals surface area contributed by atoms with Gasteiger partial charge in [-0.15, -0.1) is 0 Å². The number of thioether (sulfide) groups is 1. The molecule has 21 heavy (non-hydrogen) atoms. The number of carboxylic acid groups (broad SMARTS) is 1. The first-order valence-electron chi connectivity index (χ1n) is 6.69. The van der Waals surface area contributed by atoms with Gasteiger partial charge >= 0.3 is 5.97 Å². The second-order valence-electron chi connectivity index (χ2n) is 5.19. The van der Waals surface area contributed by atoms with Crippen LogP contribution in [0.25, 0.3) is 21.9 Å². The second-order valence-corrected chi connectivity index (χ2v) is 6.32. The second kappa shape index (κ2) is 5.37. The summed E-state index contributed by atoms with van der Waals surface area (Å²) in [5.41, 5.74) is 1.72. The van der Waals surface area contributed by atoms with E-state index in [1.165, 1.54) is 18.1 Å². The maximum absolute atomic E-state index is 11.4. The lowest BCUT2D eigenvalue weighted by molar-refractivity contribution is -0.137. The van der Waals surface area contributed by atoms with Crippen LogP contribution in [0.1, 0.15) is 13.8 Å². The third-order valence-corrected chi connectivity index (χ3v) is 4.88. The van der Waals surface area contributed by atoms with Gasteiger partial charge < -0.3 is 10.1 Å². The number of fused-ring (bicyclic) bond motifs is 3. The fraction of sp³-hybridized carbons (Fsp3) is 0.267. The van der Waals surface area contributed by atoms with Crippen molar-refractivity contribution in [3.05, 3.63) is 30.6 Å². The lowest BCUT2D eigenvalue weighted by atomic mass is 10.1. The average Bonchev–Trinajstić information content (AvgIpc) is 2.83. The lowest BCUT2D eigenvalue weighted by Crippen LogP contribution is -2.22. The molecule has 3 rings (SSSR count). The first-order chi connectivity index (χ1) is 10.1. The van der Waals surface area contributed by atoms with E-state index in [0.29, 0.717) is 5.03 Å². The van der Waals surface area contributed by atoms with E-state index in [1.54, 1.807) is 0 Å². The minimum absolute atomic E-state index is 0.0164. The van der Waals surface area contributed by atoms with Gasteiger partial charge in [0.2, 0.25) is 0 Å². The van der Waals surface area contributed by atoms with E-state index in [1.807, 2.05) is 38.1 Å². The van der Waals surface area contributed by atoms with Gasteiger partial charge in [-0.05, 0) is 12.0 Å². The molecule has 6 heteroatoms. The van der Waals surface area contributed by atoms with Crippen LogP contribution >= 0.6 is 11.8 Å². The third-order valence-electron chi connectivity index (χ3n) is 3.35. The summed E-state index contributed by atoms with van der Waals surface area (Å²) in [6.07, 6.45) is 1.47. The fourth-order valence-corrected chi connectivity index (χ4v) is 3.37. The normalized spacial score (nSPS) is 13.1. The Morgan fingerprint density at radius 2 is 2.05 bits per heavy atom. The molecule has 3 aromatic rings. The Morgan fingerprint density at radius 1 is 1.29 bits per heavy atom. The van der Waals surface area contributed by atoms with Gasteiger partial charge in [0, 0.05) is 10.9 Å². The first kappa shape index (κ1) is 13.9. The van der Waals surface area contributed by atoms with Crippen molar-refractivity contribution >= 4 is 39.7 Å².